The molecule has 7 heteroatoms. The first-order chi connectivity index (χ1) is 12.1. The number of rotatable bonds is 4. The molecule has 3 rings (SSSR count). The van der Waals surface area contributed by atoms with Crippen molar-refractivity contribution < 1.29 is 4.74 Å². The average Bonchev–Trinajstić information content (AvgIpc) is 2.94. The molecule has 0 amide bonds. The lowest BCUT2D eigenvalue weighted by molar-refractivity contribution is 0.337. The number of hydrogen-bond donors (Lipinski definition) is 1. The summed E-state index contributed by atoms with van der Waals surface area (Å²) in [6.07, 6.45) is 0.986. The SMILES string of the molecule is CCOc1ccc2c(c1)CCN(C(=NC)NCc1nnc(C)n1C)C2. The average molecular weight is 342 g/mol. The van der Waals surface area contributed by atoms with Crippen molar-refractivity contribution in [2.45, 2.75) is 33.4 Å². The van der Waals surface area contributed by atoms with Crippen LogP contribution in [0.3, 0.4) is 0 Å². The lowest BCUT2D eigenvalue weighted by Gasteiger charge is -2.31. The van der Waals surface area contributed by atoms with Crippen molar-refractivity contribution in [3.8, 4) is 5.75 Å². The van der Waals surface area contributed by atoms with Gasteiger partial charge in [0.2, 0.25) is 0 Å². The summed E-state index contributed by atoms with van der Waals surface area (Å²) < 4.78 is 7.59. The van der Waals surface area contributed by atoms with Crippen molar-refractivity contribution in [2.24, 2.45) is 12.0 Å². The molecule has 0 saturated carbocycles. The molecule has 0 saturated heterocycles. The maximum absolute atomic E-state index is 5.60. The Balaban J connectivity index is 1.66. The van der Waals surface area contributed by atoms with Crippen molar-refractivity contribution in [1.82, 2.24) is 25.0 Å². The summed E-state index contributed by atoms with van der Waals surface area (Å²) in [5, 5.41) is 11.7. The summed E-state index contributed by atoms with van der Waals surface area (Å²) in [6.45, 7) is 7.04. The fourth-order valence-electron chi connectivity index (χ4n) is 3.06. The molecule has 1 aliphatic heterocycles. The monoisotopic (exact) mass is 342 g/mol. The summed E-state index contributed by atoms with van der Waals surface area (Å²) in [6, 6.07) is 6.37. The van der Waals surface area contributed by atoms with Gasteiger partial charge in [0, 0.05) is 27.2 Å². The zero-order valence-electron chi connectivity index (χ0n) is 15.4. The van der Waals surface area contributed by atoms with E-state index in [-0.39, 0.29) is 0 Å². The maximum Gasteiger partial charge on any atom is 0.194 e. The first-order valence-electron chi connectivity index (χ1n) is 8.67. The minimum absolute atomic E-state index is 0.608. The van der Waals surface area contributed by atoms with Gasteiger partial charge in [0.15, 0.2) is 11.8 Å². The van der Waals surface area contributed by atoms with Crippen LogP contribution in [0.25, 0.3) is 0 Å². The highest BCUT2D eigenvalue weighted by Gasteiger charge is 2.20. The number of aliphatic imine (C=N–C) groups is 1. The first kappa shape index (κ1) is 17.3. The number of aromatic nitrogens is 3. The van der Waals surface area contributed by atoms with E-state index < -0.39 is 0 Å². The van der Waals surface area contributed by atoms with E-state index in [1.54, 1.807) is 0 Å². The van der Waals surface area contributed by atoms with Crippen LogP contribution < -0.4 is 10.1 Å². The standard InChI is InChI=1S/C18H26N6O/c1-5-25-16-7-6-15-12-24(9-8-14(15)10-16)18(19-3)20-11-17-22-21-13(2)23(17)4/h6-7,10H,5,8-9,11-12H2,1-4H3,(H,19,20). The molecule has 0 fully saturated rings. The molecule has 1 N–H and O–H groups in total. The molecule has 0 bridgehead atoms. The Kier molecular flexibility index (Phi) is 5.21. The second-order valence-electron chi connectivity index (χ2n) is 6.16. The van der Waals surface area contributed by atoms with Gasteiger partial charge in [0.25, 0.3) is 0 Å². The zero-order chi connectivity index (χ0) is 17.8. The van der Waals surface area contributed by atoms with Crippen molar-refractivity contribution in [3.05, 3.63) is 41.0 Å². The molecule has 0 atom stereocenters. The van der Waals surface area contributed by atoms with Gasteiger partial charge >= 0.3 is 0 Å². The van der Waals surface area contributed by atoms with E-state index >= 15 is 0 Å². The Morgan fingerprint density at radius 2 is 2.16 bits per heavy atom. The Morgan fingerprint density at radius 3 is 2.84 bits per heavy atom. The summed E-state index contributed by atoms with van der Waals surface area (Å²) >= 11 is 0. The number of benzene rings is 1. The lowest BCUT2D eigenvalue weighted by atomic mass is 9.99. The lowest BCUT2D eigenvalue weighted by Crippen LogP contribution is -2.44. The number of nitrogens with one attached hydrogen (secondary N) is 1. The molecule has 2 aromatic rings. The topological polar surface area (TPSA) is 67.6 Å². The van der Waals surface area contributed by atoms with Gasteiger partial charge in [-0.2, -0.15) is 0 Å². The summed E-state index contributed by atoms with van der Waals surface area (Å²) in [4.78, 5) is 6.70. The highest BCUT2D eigenvalue weighted by molar-refractivity contribution is 5.80. The summed E-state index contributed by atoms with van der Waals surface area (Å²) in [5.74, 6) is 3.65. The molecule has 0 spiro atoms. The minimum atomic E-state index is 0.608. The van der Waals surface area contributed by atoms with Crippen LogP contribution in [0.1, 0.15) is 29.7 Å². The number of aryl methyl sites for hydroxylation is 1. The minimum Gasteiger partial charge on any atom is -0.494 e. The normalized spacial score (nSPS) is 14.4. The number of fused-ring (bicyclic) bond motifs is 1. The molecule has 0 unspecified atom stereocenters. The maximum atomic E-state index is 5.60. The van der Waals surface area contributed by atoms with Crippen LogP contribution in [0.5, 0.6) is 5.75 Å². The Morgan fingerprint density at radius 1 is 1.32 bits per heavy atom. The van der Waals surface area contributed by atoms with E-state index in [9.17, 15) is 0 Å². The van der Waals surface area contributed by atoms with Crippen LogP contribution >= 0.6 is 0 Å². The van der Waals surface area contributed by atoms with E-state index in [4.69, 9.17) is 4.74 Å². The Hall–Kier alpha value is -2.57. The molecule has 7 nitrogen and oxygen atoms in total. The first-order valence-corrected chi connectivity index (χ1v) is 8.67. The van der Waals surface area contributed by atoms with Crippen molar-refractivity contribution in [1.29, 1.82) is 0 Å². The predicted molar refractivity (Wildman–Crippen MR) is 97.7 cm³/mol. The third-order valence-electron chi connectivity index (χ3n) is 4.60. The van der Waals surface area contributed by atoms with E-state index in [2.05, 4.69) is 37.5 Å². The van der Waals surface area contributed by atoms with E-state index in [1.807, 2.05) is 38.6 Å². The van der Waals surface area contributed by atoms with Crippen LogP contribution in [0, 0.1) is 6.92 Å². The quantitative estimate of drug-likeness (QED) is 0.676. The van der Waals surface area contributed by atoms with Gasteiger partial charge < -0.3 is 19.5 Å². The summed E-state index contributed by atoms with van der Waals surface area (Å²) in [7, 11) is 3.79. The second-order valence-corrected chi connectivity index (χ2v) is 6.16. The van der Waals surface area contributed by atoms with Gasteiger partial charge in [0.1, 0.15) is 11.6 Å². The molecule has 1 aromatic heterocycles. The van der Waals surface area contributed by atoms with Gasteiger partial charge in [-0.15, -0.1) is 10.2 Å². The van der Waals surface area contributed by atoms with Gasteiger partial charge in [-0.25, -0.2) is 0 Å². The third-order valence-corrected chi connectivity index (χ3v) is 4.60. The Labute approximate surface area is 148 Å². The van der Waals surface area contributed by atoms with Crippen LogP contribution in [0.15, 0.2) is 23.2 Å². The molecule has 2 heterocycles. The fraction of sp³-hybridized carbons (Fsp3) is 0.500. The number of nitrogens with zero attached hydrogens (tertiary/aromatic N) is 5. The van der Waals surface area contributed by atoms with Gasteiger partial charge in [-0.05, 0) is 43.5 Å². The van der Waals surface area contributed by atoms with Crippen molar-refractivity contribution in [3.63, 3.8) is 0 Å². The molecule has 1 aromatic carbocycles. The van der Waals surface area contributed by atoms with Crippen LogP contribution in [-0.2, 0) is 26.6 Å². The van der Waals surface area contributed by atoms with Gasteiger partial charge in [-0.3, -0.25) is 4.99 Å². The number of hydrogen-bond acceptors (Lipinski definition) is 4. The molecule has 134 valence electrons. The van der Waals surface area contributed by atoms with E-state index in [0.717, 1.165) is 42.9 Å². The largest absolute Gasteiger partial charge is 0.494 e. The van der Waals surface area contributed by atoms with E-state index in [0.29, 0.717) is 13.2 Å². The van der Waals surface area contributed by atoms with Crippen molar-refractivity contribution >= 4 is 5.96 Å². The number of ether oxygens (including phenoxy) is 1. The molecule has 25 heavy (non-hydrogen) atoms. The zero-order valence-corrected chi connectivity index (χ0v) is 15.4. The molecule has 1 aliphatic rings. The Bertz CT molecular complexity index is 767. The summed E-state index contributed by atoms with van der Waals surface area (Å²) in [5.41, 5.74) is 2.69. The van der Waals surface area contributed by atoms with Crippen LogP contribution in [0.2, 0.25) is 0 Å². The molecular formula is C18H26N6O. The highest BCUT2D eigenvalue weighted by atomic mass is 16.5. The molecule has 0 radical (unpaired) electrons. The second kappa shape index (κ2) is 7.55. The fourth-order valence-corrected chi connectivity index (χ4v) is 3.06. The van der Waals surface area contributed by atoms with Gasteiger partial charge in [-0.1, -0.05) is 6.07 Å². The van der Waals surface area contributed by atoms with Crippen molar-refractivity contribution in [2.75, 3.05) is 20.2 Å². The molecule has 0 aliphatic carbocycles. The predicted octanol–water partition coefficient (Wildman–Crippen LogP) is 1.66. The van der Waals surface area contributed by atoms with E-state index in [1.165, 1.54) is 11.1 Å². The smallest absolute Gasteiger partial charge is 0.194 e. The molecular weight excluding hydrogens is 316 g/mol. The highest BCUT2D eigenvalue weighted by Crippen LogP contribution is 2.24. The van der Waals surface area contributed by atoms with Gasteiger partial charge in [0.05, 0.1) is 13.2 Å². The van der Waals surface area contributed by atoms with Crippen LogP contribution in [-0.4, -0.2) is 45.8 Å². The van der Waals surface area contributed by atoms with Crippen LogP contribution in [0.4, 0.5) is 0 Å². The third kappa shape index (κ3) is 3.75. The number of guanidine groups is 1.